The molecule has 1 aliphatic heterocycles. The van der Waals surface area contributed by atoms with Crippen LogP contribution >= 0.6 is 0 Å². The van der Waals surface area contributed by atoms with Gasteiger partial charge >= 0.3 is 6.03 Å². The number of rotatable bonds is 3. The molecule has 1 aliphatic rings. The predicted octanol–water partition coefficient (Wildman–Crippen LogP) is 2.10. The van der Waals surface area contributed by atoms with Crippen LogP contribution in [0, 0.1) is 0 Å². The maximum atomic E-state index is 12.4. The van der Waals surface area contributed by atoms with Crippen LogP contribution in [0.2, 0.25) is 0 Å². The molecule has 1 N–H and O–H groups in total. The van der Waals surface area contributed by atoms with Crippen molar-refractivity contribution >= 4 is 11.8 Å². The van der Waals surface area contributed by atoms with E-state index in [4.69, 9.17) is 0 Å². The Morgan fingerprint density at radius 2 is 2.32 bits per heavy atom. The van der Waals surface area contributed by atoms with Gasteiger partial charge in [0, 0.05) is 38.1 Å². The number of amides is 2. The first-order valence-electron chi connectivity index (χ1n) is 7.61. The van der Waals surface area contributed by atoms with Crippen LogP contribution in [0.5, 0.6) is 0 Å². The molecule has 0 saturated carbocycles. The normalized spacial score (nSPS) is 18.2. The lowest BCUT2D eigenvalue weighted by molar-refractivity contribution is 0.178. The summed E-state index contributed by atoms with van der Waals surface area (Å²) in [6.07, 6.45) is 9.84. The summed E-state index contributed by atoms with van der Waals surface area (Å²) in [5, 5.41) is 2.82. The number of imidazole rings is 1. The maximum Gasteiger partial charge on any atom is 0.323 e. The molecule has 1 atom stereocenters. The monoisotopic (exact) mass is 300 g/mol. The number of hydrogen-bond donors (Lipinski definition) is 1. The van der Waals surface area contributed by atoms with Gasteiger partial charge in [0.2, 0.25) is 0 Å². The zero-order chi connectivity index (χ0) is 15.4. The fourth-order valence-corrected chi connectivity index (χ4v) is 2.87. The Labute approximate surface area is 129 Å². The summed E-state index contributed by atoms with van der Waals surface area (Å²) in [5.74, 6) is 1.60. The van der Waals surface area contributed by atoms with Crippen molar-refractivity contribution in [2.24, 2.45) is 0 Å². The lowest BCUT2D eigenvalue weighted by Crippen LogP contribution is -2.43. The van der Waals surface area contributed by atoms with Gasteiger partial charge in [-0.1, -0.05) is 6.92 Å². The lowest BCUT2D eigenvalue weighted by Gasteiger charge is -2.34. The van der Waals surface area contributed by atoms with Crippen molar-refractivity contribution in [2.45, 2.75) is 32.2 Å². The van der Waals surface area contributed by atoms with E-state index in [0.717, 1.165) is 31.6 Å². The van der Waals surface area contributed by atoms with Gasteiger partial charge in [-0.05, 0) is 18.9 Å². The maximum absolute atomic E-state index is 12.4. The van der Waals surface area contributed by atoms with Gasteiger partial charge in [-0.3, -0.25) is 5.32 Å². The predicted molar refractivity (Wildman–Crippen MR) is 82.5 cm³/mol. The van der Waals surface area contributed by atoms with E-state index in [2.05, 4.69) is 31.8 Å². The molecule has 0 unspecified atom stereocenters. The number of aryl methyl sites for hydroxylation is 1. The number of hydrogen-bond acceptors (Lipinski definition) is 4. The first-order valence-corrected chi connectivity index (χ1v) is 7.61. The average Bonchev–Trinajstić information content (AvgIpc) is 3.04. The number of urea groups is 1. The van der Waals surface area contributed by atoms with Crippen molar-refractivity contribution in [1.29, 1.82) is 0 Å². The van der Waals surface area contributed by atoms with Gasteiger partial charge in [-0.15, -0.1) is 0 Å². The summed E-state index contributed by atoms with van der Waals surface area (Å²) in [6.45, 7) is 3.56. The smallest absolute Gasteiger partial charge is 0.323 e. The summed E-state index contributed by atoms with van der Waals surface area (Å²) in [7, 11) is 0. The fraction of sp³-hybridized carbons (Fsp3) is 0.467. The van der Waals surface area contributed by atoms with E-state index in [1.807, 2.05) is 17.3 Å². The van der Waals surface area contributed by atoms with Gasteiger partial charge in [-0.2, -0.15) is 0 Å². The third-order valence-corrected chi connectivity index (χ3v) is 3.96. The van der Waals surface area contributed by atoms with Crippen molar-refractivity contribution < 1.29 is 4.79 Å². The highest BCUT2D eigenvalue weighted by atomic mass is 16.2. The molecule has 3 rings (SSSR count). The van der Waals surface area contributed by atoms with Gasteiger partial charge in [0.05, 0.1) is 6.04 Å². The standard InChI is InChI=1S/C15H20N6O/c1-2-14-17-7-9-21(14)12-4-3-8-20(10-12)15(22)19-13-5-6-16-11-18-13/h5-7,9,11-12H,2-4,8,10H2,1H3,(H,16,18,19,22)/t12-/m1/s1. The Kier molecular flexibility index (Phi) is 4.32. The Hall–Kier alpha value is -2.44. The molecule has 7 nitrogen and oxygen atoms in total. The van der Waals surface area contributed by atoms with E-state index in [9.17, 15) is 4.79 Å². The first-order chi connectivity index (χ1) is 10.8. The van der Waals surface area contributed by atoms with Crippen molar-refractivity contribution in [2.75, 3.05) is 18.4 Å². The molecule has 7 heteroatoms. The number of carbonyl (C=O) groups excluding carboxylic acids is 1. The second-order valence-corrected chi connectivity index (χ2v) is 5.37. The summed E-state index contributed by atoms with van der Waals surface area (Å²) in [4.78, 5) is 26.5. The third kappa shape index (κ3) is 3.08. The minimum Gasteiger partial charge on any atom is -0.330 e. The van der Waals surface area contributed by atoms with Crippen LogP contribution in [0.25, 0.3) is 0 Å². The fourth-order valence-electron chi connectivity index (χ4n) is 2.87. The van der Waals surface area contributed by atoms with E-state index in [0.29, 0.717) is 18.4 Å². The van der Waals surface area contributed by atoms with Gasteiger partial charge in [0.15, 0.2) is 0 Å². The highest BCUT2D eigenvalue weighted by molar-refractivity contribution is 5.88. The number of likely N-dealkylation sites (tertiary alicyclic amines) is 1. The Morgan fingerprint density at radius 3 is 3.09 bits per heavy atom. The number of aromatic nitrogens is 4. The third-order valence-electron chi connectivity index (χ3n) is 3.96. The molecule has 1 saturated heterocycles. The molecule has 0 radical (unpaired) electrons. The number of anilines is 1. The van der Waals surface area contributed by atoms with Crippen LogP contribution < -0.4 is 5.32 Å². The first kappa shape index (κ1) is 14.5. The van der Waals surface area contributed by atoms with E-state index in [1.165, 1.54) is 6.33 Å². The molecular weight excluding hydrogens is 280 g/mol. The van der Waals surface area contributed by atoms with Gasteiger partial charge in [0.1, 0.15) is 18.0 Å². The Balaban J connectivity index is 1.66. The molecule has 22 heavy (non-hydrogen) atoms. The average molecular weight is 300 g/mol. The molecule has 116 valence electrons. The van der Waals surface area contributed by atoms with E-state index >= 15 is 0 Å². The quantitative estimate of drug-likeness (QED) is 0.942. The number of carbonyl (C=O) groups is 1. The van der Waals surface area contributed by atoms with Gasteiger partial charge in [-0.25, -0.2) is 19.7 Å². The van der Waals surface area contributed by atoms with Crippen LogP contribution in [0.15, 0.2) is 31.0 Å². The van der Waals surface area contributed by atoms with Crippen LogP contribution in [-0.4, -0.2) is 43.5 Å². The molecule has 0 aliphatic carbocycles. The summed E-state index contributed by atoms with van der Waals surface area (Å²) < 4.78 is 2.20. The summed E-state index contributed by atoms with van der Waals surface area (Å²) in [5.41, 5.74) is 0. The Morgan fingerprint density at radius 1 is 1.41 bits per heavy atom. The van der Waals surface area contributed by atoms with Crippen LogP contribution in [0.1, 0.15) is 31.6 Å². The van der Waals surface area contributed by atoms with Crippen molar-refractivity contribution in [1.82, 2.24) is 24.4 Å². The van der Waals surface area contributed by atoms with Gasteiger partial charge in [0.25, 0.3) is 0 Å². The molecule has 0 aromatic carbocycles. The summed E-state index contributed by atoms with van der Waals surface area (Å²) >= 11 is 0. The van der Waals surface area contributed by atoms with Crippen molar-refractivity contribution in [3.8, 4) is 0 Å². The highest BCUT2D eigenvalue weighted by Crippen LogP contribution is 2.23. The minimum atomic E-state index is -0.110. The second kappa shape index (κ2) is 6.55. The molecule has 1 fully saturated rings. The van der Waals surface area contributed by atoms with E-state index in [1.54, 1.807) is 12.3 Å². The zero-order valence-electron chi connectivity index (χ0n) is 12.6. The number of nitrogens with zero attached hydrogens (tertiary/aromatic N) is 5. The molecule has 2 aromatic rings. The lowest BCUT2D eigenvalue weighted by atomic mass is 10.1. The topological polar surface area (TPSA) is 75.9 Å². The molecular formula is C15H20N6O. The van der Waals surface area contributed by atoms with Gasteiger partial charge < -0.3 is 9.47 Å². The highest BCUT2D eigenvalue weighted by Gasteiger charge is 2.25. The number of nitrogens with one attached hydrogen (secondary N) is 1. The SMILES string of the molecule is CCc1nccn1[C@@H]1CCCN(C(=O)Nc2ccncn2)C1. The minimum absolute atomic E-state index is 0.110. The Bertz CT molecular complexity index is 626. The van der Waals surface area contributed by atoms with Crippen molar-refractivity contribution in [3.05, 3.63) is 36.8 Å². The van der Waals surface area contributed by atoms with Crippen LogP contribution in [-0.2, 0) is 6.42 Å². The van der Waals surface area contributed by atoms with Crippen LogP contribution in [0.3, 0.4) is 0 Å². The largest absolute Gasteiger partial charge is 0.330 e. The number of piperidine rings is 1. The molecule has 0 spiro atoms. The second-order valence-electron chi connectivity index (χ2n) is 5.37. The van der Waals surface area contributed by atoms with Crippen LogP contribution in [0.4, 0.5) is 10.6 Å². The molecule has 2 amide bonds. The zero-order valence-corrected chi connectivity index (χ0v) is 12.6. The van der Waals surface area contributed by atoms with E-state index < -0.39 is 0 Å². The summed E-state index contributed by atoms with van der Waals surface area (Å²) in [6, 6.07) is 1.87. The van der Waals surface area contributed by atoms with E-state index in [-0.39, 0.29) is 6.03 Å². The molecule has 3 heterocycles. The molecule has 0 bridgehead atoms. The van der Waals surface area contributed by atoms with Crippen molar-refractivity contribution in [3.63, 3.8) is 0 Å². The molecule has 2 aromatic heterocycles.